The van der Waals surface area contributed by atoms with Gasteiger partial charge in [0.05, 0.1) is 22.5 Å². The van der Waals surface area contributed by atoms with Crippen LogP contribution in [0.5, 0.6) is 0 Å². The van der Waals surface area contributed by atoms with Crippen molar-refractivity contribution in [1.29, 1.82) is 0 Å². The van der Waals surface area contributed by atoms with Gasteiger partial charge >= 0.3 is 0 Å². The molecule has 1 aromatic rings. The molecule has 3 N–H and O–H groups in total. The van der Waals surface area contributed by atoms with Crippen molar-refractivity contribution in [2.45, 2.75) is 19.9 Å². The van der Waals surface area contributed by atoms with Gasteiger partial charge in [0.2, 0.25) is 0 Å². The number of halogens is 1. The minimum atomic E-state index is 0.229. The number of rotatable bonds is 8. The Kier molecular flexibility index (Phi) is 6.97. The Labute approximate surface area is 127 Å². The maximum atomic E-state index is 8.60. The van der Waals surface area contributed by atoms with E-state index in [-0.39, 0.29) is 5.84 Å². The molecule has 0 saturated heterocycles. The van der Waals surface area contributed by atoms with Gasteiger partial charge in [0.15, 0.2) is 0 Å². The number of aromatic nitrogens is 2. The number of ether oxygens (including phenoxy) is 1. The molecule has 0 radical (unpaired) electrons. The molecule has 0 atom stereocenters. The van der Waals surface area contributed by atoms with Crippen molar-refractivity contribution in [2.24, 2.45) is 17.9 Å². The summed E-state index contributed by atoms with van der Waals surface area (Å²) in [6, 6.07) is 0. The van der Waals surface area contributed by atoms with Gasteiger partial charge in [-0.3, -0.25) is 9.58 Å². The molecular weight excluding hydrogens is 326 g/mol. The molecule has 0 aliphatic heterocycles. The lowest BCUT2D eigenvalue weighted by atomic mass is 10.3. The normalized spacial score (nSPS) is 12.3. The monoisotopic (exact) mass is 347 g/mol. The smallest absolute Gasteiger partial charge is 0.140 e. The molecule has 0 saturated carbocycles. The number of methoxy groups -OCH3 is 1. The first-order valence-corrected chi connectivity index (χ1v) is 7.14. The Hall–Kier alpha value is -1.12. The van der Waals surface area contributed by atoms with Crippen LogP contribution in [0.2, 0.25) is 0 Å². The van der Waals surface area contributed by atoms with Crippen LogP contribution in [0.3, 0.4) is 0 Å². The van der Waals surface area contributed by atoms with Crippen LogP contribution in [0.15, 0.2) is 9.63 Å². The van der Waals surface area contributed by atoms with E-state index in [0.29, 0.717) is 19.6 Å². The van der Waals surface area contributed by atoms with Gasteiger partial charge < -0.3 is 15.7 Å². The quantitative estimate of drug-likeness (QED) is 0.318. The van der Waals surface area contributed by atoms with Gasteiger partial charge in [-0.25, -0.2) is 0 Å². The van der Waals surface area contributed by atoms with Crippen LogP contribution in [0.25, 0.3) is 0 Å². The maximum absolute atomic E-state index is 8.60. The van der Waals surface area contributed by atoms with E-state index >= 15 is 0 Å². The van der Waals surface area contributed by atoms with E-state index in [1.807, 2.05) is 18.7 Å². The van der Waals surface area contributed by atoms with Crippen LogP contribution in [-0.4, -0.2) is 52.5 Å². The first-order valence-electron chi connectivity index (χ1n) is 6.35. The van der Waals surface area contributed by atoms with Gasteiger partial charge in [0.25, 0.3) is 0 Å². The fraction of sp³-hybridized carbons (Fsp3) is 0.667. The van der Waals surface area contributed by atoms with Gasteiger partial charge in [0.1, 0.15) is 5.84 Å². The molecule has 8 heteroatoms. The van der Waals surface area contributed by atoms with Gasteiger partial charge in [0, 0.05) is 40.2 Å². The van der Waals surface area contributed by atoms with Gasteiger partial charge in [-0.05, 0) is 22.9 Å². The molecule has 0 aromatic carbocycles. The topological polar surface area (TPSA) is 88.9 Å². The highest BCUT2D eigenvalue weighted by atomic mass is 79.9. The first-order chi connectivity index (χ1) is 9.49. The molecule has 0 spiro atoms. The summed E-state index contributed by atoms with van der Waals surface area (Å²) in [4.78, 5) is 2.18. The summed E-state index contributed by atoms with van der Waals surface area (Å²) in [5.41, 5.74) is 7.58. The summed E-state index contributed by atoms with van der Waals surface area (Å²) >= 11 is 3.56. The zero-order valence-corrected chi connectivity index (χ0v) is 13.7. The van der Waals surface area contributed by atoms with Crippen LogP contribution in [0, 0.1) is 6.92 Å². The minimum Gasteiger partial charge on any atom is -0.409 e. The molecule has 0 aliphatic carbocycles. The molecule has 0 bridgehead atoms. The lowest BCUT2D eigenvalue weighted by Gasteiger charge is -2.22. The van der Waals surface area contributed by atoms with Crippen molar-refractivity contribution in [2.75, 3.05) is 26.8 Å². The molecule has 7 nitrogen and oxygen atoms in total. The van der Waals surface area contributed by atoms with Crippen LogP contribution in [0.1, 0.15) is 17.8 Å². The van der Waals surface area contributed by atoms with Gasteiger partial charge in [-0.15, -0.1) is 0 Å². The van der Waals surface area contributed by atoms with Crippen molar-refractivity contribution in [3.8, 4) is 0 Å². The summed E-state index contributed by atoms with van der Waals surface area (Å²) in [5, 5.41) is 16.0. The van der Waals surface area contributed by atoms with E-state index < -0.39 is 0 Å². The van der Waals surface area contributed by atoms with Crippen molar-refractivity contribution in [3.63, 3.8) is 0 Å². The van der Waals surface area contributed by atoms with Crippen LogP contribution in [0.4, 0.5) is 0 Å². The molecule has 0 aliphatic rings. The molecule has 0 amide bonds. The average Bonchev–Trinajstić information content (AvgIpc) is 2.67. The summed E-state index contributed by atoms with van der Waals surface area (Å²) < 4.78 is 8.01. The number of nitrogens with two attached hydrogens (primary N) is 1. The van der Waals surface area contributed by atoms with Gasteiger partial charge in [-0.1, -0.05) is 5.16 Å². The van der Waals surface area contributed by atoms with Crippen LogP contribution in [-0.2, 0) is 18.3 Å². The van der Waals surface area contributed by atoms with Crippen LogP contribution >= 0.6 is 15.9 Å². The number of aryl methyl sites for hydroxylation is 2. The summed E-state index contributed by atoms with van der Waals surface area (Å²) in [7, 11) is 3.59. The molecule has 114 valence electrons. The highest BCUT2D eigenvalue weighted by molar-refractivity contribution is 9.10. The Morgan fingerprint density at radius 1 is 1.55 bits per heavy atom. The molecule has 0 unspecified atom stereocenters. The third-order valence-corrected chi connectivity index (χ3v) is 4.09. The van der Waals surface area contributed by atoms with E-state index in [4.69, 9.17) is 15.7 Å². The van der Waals surface area contributed by atoms with E-state index in [1.54, 1.807) is 7.11 Å². The van der Waals surface area contributed by atoms with Crippen molar-refractivity contribution in [3.05, 3.63) is 15.9 Å². The molecule has 0 fully saturated rings. The Morgan fingerprint density at radius 2 is 2.25 bits per heavy atom. The SMILES string of the molecule is COCCN(CCC(N)=NO)Cc1c(Br)c(C)nn1C. The van der Waals surface area contributed by atoms with E-state index in [9.17, 15) is 0 Å². The minimum absolute atomic E-state index is 0.229. The fourth-order valence-electron chi connectivity index (χ4n) is 1.88. The van der Waals surface area contributed by atoms with Crippen molar-refractivity contribution >= 4 is 21.8 Å². The summed E-state index contributed by atoms with van der Waals surface area (Å²) in [6.45, 7) is 4.77. The maximum Gasteiger partial charge on any atom is 0.140 e. The standard InChI is InChI=1S/C12H22BrN5O2/c1-9-12(13)10(17(2)15-9)8-18(6-7-20-3)5-4-11(14)16-19/h19H,4-8H2,1-3H3,(H2,14,16). The highest BCUT2D eigenvalue weighted by Crippen LogP contribution is 2.21. The number of hydrogen-bond acceptors (Lipinski definition) is 5. The molecule has 20 heavy (non-hydrogen) atoms. The first kappa shape index (κ1) is 16.9. The van der Waals surface area contributed by atoms with Crippen molar-refractivity contribution < 1.29 is 9.94 Å². The number of nitrogens with zero attached hydrogens (tertiary/aromatic N) is 4. The van der Waals surface area contributed by atoms with E-state index in [2.05, 4.69) is 31.1 Å². The molecule has 1 aromatic heterocycles. The predicted molar refractivity (Wildman–Crippen MR) is 80.8 cm³/mol. The lowest BCUT2D eigenvalue weighted by Crippen LogP contribution is -2.31. The third kappa shape index (κ3) is 4.77. The molecule has 1 heterocycles. The Bertz CT molecular complexity index is 461. The largest absolute Gasteiger partial charge is 0.409 e. The lowest BCUT2D eigenvalue weighted by molar-refractivity contribution is 0.144. The predicted octanol–water partition coefficient (Wildman–Crippen LogP) is 1.08. The van der Waals surface area contributed by atoms with Crippen molar-refractivity contribution in [1.82, 2.24) is 14.7 Å². The number of amidine groups is 1. The zero-order chi connectivity index (χ0) is 15.1. The number of oxime groups is 1. The second-order valence-corrected chi connectivity index (χ2v) is 5.37. The zero-order valence-electron chi connectivity index (χ0n) is 12.1. The molecular formula is C12H22BrN5O2. The fourth-order valence-corrected chi connectivity index (χ4v) is 2.34. The summed E-state index contributed by atoms with van der Waals surface area (Å²) in [5.74, 6) is 0.229. The highest BCUT2D eigenvalue weighted by Gasteiger charge is 2.15. The van der Waals surface area contributed by atoms with E-state index in [1.165, 1.54) is 0 Å². The Morgan fingerprint density at radius 3 is 2.75 bits per heavy atom. The second-order valence-electron chi connectivity index (χ2n) is 4.58. The Balaban J connectivity index is 2.72. The van der Waals surface area contributed by atoms with Crippen LogP contribution < -0.4 is 5.73 Å². The van der Waals surface area contributed by atoms with E-state index in [0.717, 1.165) is 29.0 Å². The second kappa shape index (κ2) is 8.23. The van der Waals surface area contributed by atoms with Gasteiger partial charge in [-0.2, -0.15) is 5.10 Å². The molecule has 1 rings (SSSR count). The third-order valence-electron chi connectivity index (χ3n) is 3.06. The number of hydrogen-bond donors (Lipinski definition) is 2. The average molecular weight is 348 g/mol. The summed E-state index contributed by atoms with van der Waals surface area (Å²) in [6.07, 6.45) is 0.509.